The van der Waals surface area contributed by atoms with E-state index in [1.54, 1.807) is 45.2 Å². The van der Waals surface area contributed by atoms with Gasteiger partial charge in [0.15, 0.2) is 0 Å². The largest absolute Gasteiger partial charge is 0.305 e. The van der Waals surface area contributed by atoms with Gasteiger partial charge in [0.1, 0.15) is 0 Å². The first kappa shape index (κ1) is 19.1. The van der Waals surface area contributed by atoms with Crippen LogP contribution in [0.3, 0.4) is 0 Å². The van der Waals surface area contributed by atoms with Crippen molar-refractivity contribution in [3.63, 3.8) is 0 Å². The molecular formula is C45H46IrN2-2. The van der Waals surface area contributed by atoms with Crippen LogP contribution in [-0.2, 0) is 32.9 Å². The molecule has 4 aromatic carbocycles. The predicted molar refractivity (Wildman–Crippen MR) is 199 cm³/mol. The molecule has 48 heavy (non-hydrogen) atoms. The van der Waals surface area contributed by atoms with Crippen molar-refractivity contribution in [3.8, 4) is 44.8 Å². The van der Waals surface area contributed by atoms with Gasteiger partial charge in [0, 0.05) is 44.8 Å². The van der Waals surface area contributed by atoms with E-state index in [2.05, 4.69) is 22.1 Å². The van der Waals surface area contributed by atoms with Crippen LogP contribution in [0, 0.1) is 29.8 Å². The smallest absolute Gasteiger partial charge is 0.0830 e. The van der Waals surface area contributed by atoms with Crippen LogP contribution in [-0.4, -0.2) is 9.97 Å². The van der Waals surface area contributed by atoms with E-state index in [1.165, 1.54) is 6.07 Å². The van der Waals surface area contributed by atoms with Gasteiger partial charge in [0.25, 0.3) is 0 Å². The Morgan fingerprint density at radius 1 is 0.708 bits per heavy atom. The summed E-state index contributed by atoms with van der Waals surface area (Å²) in [5, 5.41) is 0. The molecule has 2 aromatic heterocycles. The fourth-order valence-corrected chi connectivity index (χ4v) is 4.36. The van der Waals surface area contributed by atoms with E-state index in [9.17, 15) is 0 Å². The second-order valence-corrected chi connectivity index (χ2v) is 12.7. The van der Waals surface area contributed by atoms with Gasteiger partial charge in [-0.2, -0.15) is 0 Å². The van der Waals surface area contributed by atoms with Crippen LogP contribution in [0.2, 0.25) is 0 Å². The van der Waals surface area contributed by atoms with Crippen LogP contribution in [0.4, 0.5) is 0 Å². The zero-order chi connectivity index (χ0) is 49.1. The molecule has 0 aliphatic rings. The number of aromatic nitrogens is 2. The Balaban J connectivity index is 0.000000290. The molecule has 0 aliphatic heterocycles. The molecule has 0 aliphatic carbocycles. The molecule has 1 radical (unpaired) electrons. The Hall–Kier alpha value is -4.17. The van der Waals surface area contributed by atoms with Crippen molar-refractivity contribution in [2.45, 2.75) is 61.1 Å². The third-order valence-corrected chi connectivity index (χ3v) is 6.30. The number of rotatable bonds is 6. The van der Waals surface area contributed by atoms with Crippen molar-refractivity contribution < 1.29 is 44.8 Å². The van der Waals surface area contributed by atoms with Gasteiger partial charge in [-0.15, -0.1) is 65.1 Å². The first-order valence-corrected chi connectivity index (χ1v) is 14.9. The van der Waals surface area contributed by atoms with Gasteiger partial charge in [-0.1, -0.05) is 127 Å². The van der Waals surface area contributed by atoms with Crippen molar-refractivity contribution >= 4 is 0 Å². The van der Waals surface area contributed by atoms with E-state index in [4.69, 9.17) is 24.7 Å². The first-order chi connectivity index (χ1) is 29.8. The number of benzene rings is 4. The zero-order valence-electron chi connectivity index (χ0n) is 45.5. The third-order valence-electron chi connectivity index (χ3n) is 6.30. The Kier molecular flexibility index (Phi) is 6.49. The topological polar surface area (TPSA) is 25.8 Å². The van der Waals surface area contributed by atoms with E-state index in [1.807, 2.05) is 51.1 Å². The molecule has 2 heterocycles. The minimum absolute atomic E-state index is 0. The molecular weight excluding hydrogens is 761 g/mol. The number of aryl methyl sites for hydroxylation is 1. The van der Waals surface area contributed by atoms with Crippen LogP contribution in [0.1, 0.15) is 82.9 Å². The van der Waals surface area contributed by atoms with Crippen LogP contribution < -0.4 is 0 Å². The van der Waals surface area contributed by atoms with Crippen molar-refractivity contribution in [3.05, 3.63) is 156 Å². The van der Waals surface area contributed by atoms with E-state index in [0.717, 1.165) is 5.56 Å². The number of pyridine rings is 2. The second-order valence-electron chi connectivity index (χ2n) is 12.7. The van der Waals surface area contributed by atoms with E-state index in [-0.39, 0.29) is 31.2 Å². The average Bonchev–Trinajstić information content (AvgIpc) is 3.22. The fourth-order valence-electron chi connectivity index (χ4n) is 4.36. The van der Waals surface area contributed by atoms with E-state index in [0.29, 0.717) is 22.4 Å². The van der Waals surface area contributed by atoms with Crippen molar-refractivity contribution in [2.24, 2.45) is 10.8 Å². The SMILES string of the molecule is [2H]C([2H])([2H])c1c[c-]c(-c2ccc(C([2H])([2H])C(C)(C)C)cn2)cc1-c1ccccc1.[2H]c1[c-]c(-c2nc([2H])c([2H])c(-c3c([2H])c([2H])c(C([2H])([2H])C(C)(C)C)c([2H])c3[2H])c2[2H])c([2H])c([2H])c1[2H].[Ir]. The van der Waals surface area contributed by atoms with Crippen LogP contribution in [0.5, 0.6) is 0 Å². The zero-order valence-corrected chi connectivity index (χ0v) is 29.9. The molecule has 0 fully saturated rings. The van der Waals surface area contributed by atoms with Gasteiger partial charge in [0.2, 0.25) is 0 Å². The van der Waals surface area contributed by atoms with Gasteiger partial charge in [-0.3, -0.25) is 0 Å². The van der Waals surface area contributed by atoms with Gasteiger partial charge >= 0.3 is 0 Å². The minimum Gasteiger partial charge on any atom is -0.305 e. The summed E-state index contributed by atoms with van der Waals surface area (Å²) in [6, 6.07) is 15.1. The molecule has 0 saturated carbocycles. The average molecular weight is 825 g/mol. The Labute approximate surface area is 327 Å². The summed E-state index contributed by atoms with van der Waals surface area (Å²) in [6.07, 6.45) is -2.97. The number of hydrogen-bond donors (Lipinski definition) is 0. The molecule has 0 atom stereocenters. The number of nitrogens with zero attached hydrogens (tertiary/aromatic N) is 2. The Morgan fingerprint density at radius 3 is 2.10 bits per heavy atom. The molecule has 0 amide bonds. The van der Waals surface area contributed by atoms with Crippen LogP contribution in [0.25, 0.3) is 44.8 Å². The molecule has 2 nitrogen and oxygen atoms in total. The maximum atomic E-state index is 8.66. The summed E-state index contributed by atoms with van der Waals surface area (Å²) in [5.41, 5.74) is -0.452. The van der Waals surface area contributed by atoms with Crippen molar-refractivity contribution in [2.75, 3.05) is 0 Å². The van der Waals surface area contributed by atoms with Crippen molar-refractivity contribution in [1.29, 1.82) is 0 Å². The summed E-state index contributed by atoms with van der Waals surface area (Å²) in [4.78, 5) is 8.27. The summed E-state index contributed by atoms with van der Waals surface area (Å²) in [5.74, 6) is 0. The Bertz CT molecular complexity index is 2750. The van der Waals surface area contributed by atoms with Gasteiger partial charge in [-0.05, 0) is 71.6 Å². The van der Waals surface area contributed by atoms with Gasteiger partial charge < -0.3 is 9.97 Å². The summed E-state index contributed by atoms with van der Waals surface area (Å²) in [7, 11) is 0. The molecule has 6 aromatic rings. The summed E-state index contributed by atoms with van der Waals surface area (Å²) < 4.78 is 148. The molecule has 6 rings (SSSR count). The molecule has 0 unspecified atom stereocenters. The first-order valence-electron chi connectivity index (χ1n) is 23.9. The maximum Gasteiger partial charge on any atom is 0.0830 e. The second kappa shape index (κ2) is 16.3. The number of hydrogen-bond acceptors (Lipinski definition) is 2. The molecule has 0 N–H and O–H groups in total. The maximum absolute atomic E-state index is 8.66. The normalized spacial score (nSPS) is 17.5. The van der Waals surface area contributed by atoms with Gasteiger partial charge in [0.05, 0.1) is 9.60 Å². The molecule has 0 bridgehead atoms. The molecule has 0 saturated heterocycles. The fraction of sp³-hybridized carbons (Fsp3) is 0.244. The van der Waals surface area contributed by atoms with Crippen LogP contribution in [0.15, 0.2) is 127 Å². The van der Waals surface area contributed by atoms with E-state index < -0.39 is 119 Å². The van der Waals surface area contributed by atoms with Crippen molar-refractivity contribution in [1.82, 2.24) is 9.97 Å². The van der Waals surface area contributed by atoms with E-state index >= 15 is 0 Å². The standard InChI is InChI=1S/C23H24N.C22H22N.Ir/c1-17-10-12-20(14-21(17)19-8-6-5-7-9-19)22-13-11-18(16-24-22)15-23(2,3)4;1-22(2,3)16-17-9-11-18(12-10-17)20-13-14-23-21(15-20)19-7-5-4-6-8-19;/h5-11,13-14,16H,15H2,1-4H3;4-7,9-15H,16H2,1-3H3;/q2*-1;/i1D3,15D2;4D,5D,6D,7D,9D,10D,11D,12D,13D,14D,15D,16D2;. The minimum atomic E-state index is -2.27. The quantitative estimate of drug-likeness (QED) is 0.156. The third kappa shape index (κ3) is 10.7. The molecule has 3 heteroatoms. The Morgan fingerprint density at radius 2 is 1.44 bits per heavy atom. The van der Waals surface area contributed by atoms with Crippen LogP contribution >= 0.6 is 0 Å². The molecule has 247 valence electrons. The monoisotopic (exact) mass is 825 g/mol. The molecule has 0 spiro atoms. The predicted octanol–water partition coefficient (Wildman–Crippen LogP) is 11.9. The summed E-state index contributed by atoms with van der Waals surface area (Å²) in [6.45, 7) is 7.97. The van der Waals surface area contributed by atoms with Gasteiger partial charge in [-0.25, -0.2) is 0 Å². The summed E-state index contributed by atoms with van der Waals surface area (Å²) >= 11 is 0.